The molecule has 3 rings (SSSR count). The van der Waals surface area contributed by atoms with Gasteiger partial charge >= 0.3 is 0 Å². The SMILES string of the molecule is CCN(C1CCCCCCCCCC1)C1CCCCCCCCCC1N1CCCCCCCC1. The van der Waals surface area contributed by atoms with Gasteiger partial charge in [0.1, 0.15) is 0 Å². The van der Waals surface area contributed by atoms with E-state index in [1.165, 1.54) is 180 Å². The maximum absolute atomic E-state index is 3.10. The van der Waals surface area contributed by atoms with Gasteiger partial charge in [-0.25, -0.2) is 0 Å². The van der Waals surface area contributed by atoms with Crippen LogP contribution in [0, 0.1) is 0 Å². The van der Waals surface area contributed by atoms with E-state index in [1.807, 2.05) is 0 Å². The highest BCUT2D eigenvalue weighted by atomic mass is 15.3. The predicted molar refractivity (Wildman–Crippen MR) is 151 cm³/mol. The minimum absolute atomic E-state index is 0.805. The van der Waals surface area contributed by atoms with Crippen molar-refractivity contribution in [3.63, 3.8) is 0 Å². The molecule has 0 radical (unpaired) electrons. The molecule has 0 aromatic heterocycles. The second-order valence-corrected chi connectivity index (χ2v) is 12.2. The van der Waals surface area contributed by atoms with Crippen LogP contribution in [0.2, 0.25) is 0 Å². The van der Waals surface area contributed by atoms with Crippen molar-refractivity contribution >= 4 is 0 Å². The lowest BCUT2D eigenvalue weighted by molar-refractivity contribution is 0.0321. The van der Waals surface area contributed by atoms with Crippen molar-refractivity contribution in [2.75, 3.05) is 19.6 Å². The van der Waals surface area contributed by atoms with Gasteiger partial charge in [-0.05, 0) is 58.2 Å². The first kappa shape index (κ1) is 28.5. The molecular weight excluding hydrogens is 412 g/mol. The molecule has 0 bridgehead atoms. The monoisotopic (exact) mass is 474 g/mol. The van der Waals surface area contributed by atoms with Gasteiger partial charge < -0.3 is 0 Å². The van der Waals surface area contributed by atoms with Gasteiger partial charge in [0.25, 0.3) is 0 Å². The second kappa shape index (κ2) is 18.2. The summed E-state index contributed by atoms with van der Waals surface area (Å²) in [5.74, 6) is 0. The molecule has 2 aliphatic carbocycles. The van der Waals surface area contributed by atoms with E-state index >= 15 is 0 Å². The van der Waals surface area contributed by atoms with Crippen molar-refractivity contribution in [2.45, 2.75) is 186 Å². The first-order valence-corrected chi connectivity index (χ1v) is 16.4. The zero-order chi connectivity index (χ0) is 23.7. The fraction of sp³-hybridized carbons (Fsp3) is 1.00. The first-order valence-electron chi connectivity index (χ1n) is 16.4. The van der Waals surface area contributed by atoms with E-state index < -0.39 is 0 Å². The summed E-state index contributed by atoms with van der Waals surface area (Å²) in [7, 11) is 0. The Bertz CT molecular complexity index is 456. The van der Waals surface area contributed by atoms with E-state index in [0.29, 0.717) is 0 Å². The number of hydrogen-bond acceptors (Lipinski definition) is 2. The molecule has 3 fully saturated rings. The molecular formula is C32H62N2. The predicted octanol–water partition coefficient (Wildman–Crippen LogP) is 9.51. The molecule has 2 unspecified atom stereocenters. The van der Waals surface area contributed by atoms with Crippen molar-refractivity contribution in [3.8, 4) is 0 Å². The third kappa shape index (κ3) is 10.5. The number of hydrogen-bond donors (Lipinski definition) is 0. The summed E-state index contributed by atoms with van der Waals surface area (Å²) >= 11 is 0. The molecule has 3 aliphatic rings. The van der Waals surface area contributed by atoms with Gasteiger partial charge in [-0.15, -0.1) is 0 Å². The Kier molecular flexibility index (Phi) is 15.3. The Morgan fingerprint density at radius 2 is 0.853 bits per heavy atom. The molecule has 2 heteroatoms. The molecule has 1 saturated heterocycles. The molecule has 0 amide bonds. The van der Waals surface area contributed by atoms with E-state index in [4.69, 9.17) is 0 Å². The minimum Gasteiger partial charge on any atom is -0.299 e. The topological polar surface area (TPSA) is 6.48 Å². The molecule has 1 heterocycles. The van der Waals surface area contributed by atoms with Crippen LogP contribution in [0.3, 0.4) is 0 Å². The third-order valence-electron chi connectivity index (χ3n) is 9.64. The molecule has 0 aromatic carbocycles. The Hall–Kier alpha value is -0.0800. The second-order valence-electron chi connectivity index (χ2n) is 12.2. The maximum atomic E-state index is 3.10. The molecule has 2 atom stereocenters. The van der Waals surface area contributed by atoms with Gasteiger partial charge in [-0.3, -0.25) is 9.80 Å². The summed E-state index contributed by atoms with van der Waals surface area (Å²) in [5.41, 5.74) is 0. The number of rotatable bonds is 4. The van der Waals surface area contributed by atoms with Crippen molar-refractivity contribution in [1.82, 2.24) is 9.80 Å². The van der Waals surface area contributed by atoms with Crippen LogP contribution < -0.4 is 0 Å². The number of likely N-dealkylation sites (N-methyl/N-ethyl adjacent to an activating group) is 1. The van der Waals surface area contributed by atoms with Crippen molar-refractivity contribution in [2.24, 2.45) is 0 Å². The number of nitrogens with zero attached hydrogens (tertiary/aromatic N) is 2. The zero-order valence-electron chi connectivity index (χ0n) is 23.4. The zero-order valence-corrected chi connectivity index (χ0v) is 23.4. The van der Waals surface area contributed by atoms with E-state index in [2.05, 4.69) is 16.7 Å². The van der Waals surface area contributed by atoms with Crippen LogP contribution in [0.5, 0.6) is 0 Å². The normalized spacial score (nSPS) is 29.8. The summed E-state index contributed by atoms with van der Waals surface area (Å²) in [5, 5.41) is 0. The quantitative estimate of drug-likeness (QED) is 0.400. The lowest BCUT2D eigenvalue weighted by atomic mass is 9.90. The van der Waals surface area contributed by atoms with Crippen LogP contribution in [0.4, 0.5) is 0 Å². The van der Waals surface area contributed by atoms with E-state index in [0.717, 1.165) is 18.1 Å². The first-order chi connectivity index (χ1) is 16.9. The highest BCUT2D eigenvalue weighted by molar-refractivity contribution is 4.90. The summed E-state index contributed by atoms with van der Waals surface area (Å²) in [4.78, 5) is 6.15. The van der Waals surface area contributed by atoms with E-state index in [9.17, 15) is 0 Å². The van der Waals surface area contributed by atoms with E-state index in [1.54, 1.807) is 0 Å². The molecule has 0 N–H and O–H groups in total. The van der Waals surface area contributed by atoms with E-state index in [-0.39, 0.29) is 0 Å². The van der Waals surface area contributed by atoms with Gasteiger partial charge in [0.05, 0.1) is 0 Å². The van der Waals surface area contributed by atoms with Crippen LogP contribution in [0.1, 0.15) is 167 Å². The summed E-state index contributed by atoms with van der Waals surface area (Å²) in [6.45, 7) is 6.54. The highest BCUT2D eigenvalue weighted by Crippen LogP contribution is 2.30. The van der Waals surface area contributed by atoms with Crippen LogP contribution >= 0.6 is 0 Å². The van der Waals surface area contributed by atoms with Gasteiger partial charge in [0.15, 0.2) is 0 Å². The summed E-state index contributed by atoms with van der Waals surface area (Å²) in [6.07, 6.45) is 36.8. The van der Waals surface area contributed by atoms with Crippen LogP contribution in [-0.2, 0) is 0 Å². The summed E-state index contributed by atoms with van der Waals surface area (Å²) in [6, 6.07) is 2.46. The third-order valence-corrected chi connectivity index (χ3v) is 9.64. The van der Waals surface area contributed by atoms with Gasteiger partial charge in [-0.1, -0.05) is 129 Å². The Morgan fingerprint density at radius 3 is 1.32 bits per heavy atom. The average molecular weight is 475 g/mol. The largest absolute Gasteiger partial charge is 0.299 e. The fourth-order valence-corrected chi connectivity index (χ4v) is 7.63. The van der Waals surface area contributed by atoms with Crippen LogP contribution in [0.25, 0.3) is 0 Å². The molecule has 2 nitrogen and oxygen atoms in total. The average Bonchev–Trinajstić information content (AvgIpc) is 2.90. The van der Waals surface area contributed by atoms with Gasteiger partial charge in [0, 0.05) is 18.1 Å². The highest BCUT2D eigenvalue weighted by Gasteiger charge is 2.34. The molecule has 0 spiro atoms. The summed E-state index contributed by atoms with van der Waals surface area (Å²) < 4.78 is 0. The van der Waals surface area contributed by atoms with Crippen molar-refractivity contribution in [1.29, 1.82) is 0 Å². The maximum Gasteiger partial charge on any atom is 0.0254 e. The molecule has 2 saturated carbocycles. The van der Waals surface area contributed by atoms with Crippen LogP contribution in [0.15, 0.2) is 0 Å². The fourth-order valence-electron chi connectivity index (χ4n) is 7.63. The smallest absolute Gasteiger partial charge is 0.0254 e. The minimum atomic E-state index is 0.805. The molecule has 200 valence electrons. The molecule has 34 heavy (non-hydrogen) atoms. The lowest BCUT2D eigenvalue weighted by Crippen LogP contribution is -2.55. The van der Waals surface area contributed by atoms with Gasteiger partial charge in [0.2, 0.25) is 0 Å². The molecule has 1 aliphatic heterocycles. The van der Waals surface area contributed by atoms with Gasteiger partial charge in [-0.2, -0.15) is 0 Å². The standard InChI is InChI=1S/C32H62N2/c1-2-34(30-24-18-12-6-3-4-7-13-19-25-30)32-27-21-15-9-5-8-14-20-26-31(32)33-28-22-16-10-11-17-23-29-33/h30-32H,2-29H2,1H3. The molecule has 0 aromatic rings. The van der Waals surface area contributed by atoms with Crippen molar-refractivity contribution in [3.05, 3.63) is 0 Å². The Balaban J connectivity index is 1.79. The van der Waals surface area contributed by atoms with Crippen LogP contribution in [-0.4, -0.2) is 47.6 Å². The lowest BCUT2D eigenvalue weighted by Gasteiger charge is -2.46. The Morgan fingerprint density at radius 1 is 0.471 bits per heavy atom. The Labute approximate surface area is 215 Å². The van der Waals surface area contributed by atoms with Crippen molar-refractivity contribution < 1.29 is 0 Å².